The Morgan fingerprint density at radius 1 is 1.35 bits per heavy atom. The standard InChI is InChI=1S/C12H10O5/c1-2-8(14)10-11(15)7-4-3-6(13)5-9(7)17-12(10)16/h3-5,13,15H,2H2,1H3. The van der Waals surface area contributed by atoms with Crippen molar-refractivity contribution in [2.24, 2.45) is 0 Å². The summed E-state index contributed by atoms with van der Waals surface area (Å²) in [6.07, 6.45) is 0.0991. The normalized spacial score (nSPS) is 10.6. The lowest BCUT2D eigenvalue weighted by Crippen LogP contribution is -2.13. The van der Waals surface area contributed by atoms with E-state index in [0.717, 1.165) is 0 Å². The third kappa shape index (κ3) is 1.75. The van der Waals surface area contributed by atoms with E-state index in [1.54, 1.807) is 6.92 Å². The summed E-state index contributed by atoms with van der Waals surface area (Å²) in [6.45, 7) is 1.59. The average molecular weight is 234 g/mol. The third-order valence-corrected chi connectivity index (χ3v) is 2.46. The first kappa shape index (κ1) is 11.2. The highest BCUT2D eigenvalue weighted by Gasteiger charge is 2.19. The van der Waals surface area contributed by atoms with Crippen LogP contribution in [0.5, 0.6) is 11.5 Å². The number of phenols is 1. The van der Waals surface area contributed by atoms with Gasteiger partial charge in [0.05, 0.1) is 5.39 Å². The van der Waals surface area contributed by atoms with Crippen molar-refractivity contribution in [2.45, 2.75) is 13.3 Å². The van der Waals surface area contributed by atoms with Crippen molar-refractivity contribution in [1.82, 2.24) is 0 Å². The van der Waals surface area contributed by atoms with Gasteiger partial charge in [-0.1, -0.05) is 6.92 Å². The van der Waals surface area contributed by atoms with Crippen LogP contribution in [-0.2, 0) is 0 Å². The lowest BCUT2D eigenvalue weighted by Gasteiger charge is -2.04. The van der Waals surface area contributed by atoms with Crippen molar-refractivity contribution in [3.8, 4) is 11.5 Å². The maximum Gasteiger partial charge on any atom is 0.351 e. The predicted octanol–water partition coefficient (Wildman–Crippen LogP) is 1.80. The molecular formula is C12H10O5. The van der Waals surface area contributed by atoms with Crippen molar-refractivity contribution in [2.75, 3.05) is 0 Å². The monoisotopic (exact) mass is 234 g/mol. The Morgan fingerprint density at radius 3 is 2.71 bits per heavy atom. The van der Waals surface area contributed by atoms with Crippen LogP contribution in [0.2, 0.25) is 0 Å². The summed E-state index contributed by atoms with van der Waals surface area (Å²) in [7, 11) is 0. The number of ketones is 1. The van der Waals surface area contributed by atoms with Crippen LogP contribution in [0.15, 0.2) is 27.4 Å². The molecule has 0 atom stereocenters. The Kier molecular flexibility index (Phi) is 2.59. The highest BCUT2D eigenvalue weighted by molar-refractivity contribution is 6.02. The van der Waals surface area contributed by atoms with Gasteiger partial charge in [0.25, 0.3) is 0 Å². The molecule has 1 aromatic heterocycles. The minimum absolute atomic E-state index is 0.0418. The number of carbonyl (C=O) groups is 1. The van der Waals surface area contributed by atoms with Crippen LogP contribution in [0.1, 0.15) is 23.7 Å². The van der Waals surface area contributed by atoms with Crippen LogP contribution >= 0.6 is 0 Å². The molecule has 0 aliphatic carbocycles. The molecule has 0 spiro atoms. The molecule has 0 bridgehead atoms. The highest BCUT2D eigenvalue weighted by Crippen LogP contribution is 2.29. The zero-order chi connectivity index (χ0) is 12.6. The van der Waals surface area contributed by atoms with Gasteiger partial charge in [-0.2, -0.15) is 0 Å². The number of hydrogen-bond donors (Lipinski definition) is 2. The second-order valence-electron chi connectivity index (χ2n) is 3.57. The fraction of sp³-hybridized carbons (Fsp3) is 0.167. The molecule has 2 rings (SSSR count). The average Bonchev–Trinajstić information content (AvgIpc) is 2.28. The Hall–Kier alpha value is -2.30. The molecule has 2 N–H and O–H groups in total. The summed E-state index contributed by atoms with van der Waals surface area (Å²) in [5, 5.41) is 19.3. The Balaban J connectivity index is 2.85. The van der Waals surface area contributed by atoms with E-state index < -0.39 is 17.2 Å². The van der Waals surface area contributed by atoms with Gasteiger partial charge < -0.3 is 14.6 Å². The van der Waals surface area contributed by atoms with Gasteiger partial charge in [-0.3, -0.25) is 4.79 Å². The lowest BCUT2D eigenvalue weighted by molar-refractivity contribution is 0.0982. The van der Waals surface area contributed by atoms with E-state index in [-0.39, 0.29) is 28.7 Å². The highest BCUT2D eigenvalue weighted by atomic mass is 16.4. The topological polar surface area (TPSA) is 87.7 Å². The van der Waals surface area contributed by atoms with Gasteiger partial charge in [-0.15, -0.1) is 0 Å². The smallest absolute Gasteiger partial charge is 0.351 e. The number of hydrogen-bond acceptors (Lipinski definition) is 5. The Bertz CT molecular complexity index is 654. The number of carbonyl (C=O) groups excluding carboxylic acids is 1. The van der Waals surface area contributed by atoms with Crippen molar-refractivity contribution in [3.05, 3.63) is 34.2 Å². The first-order chi connectivity index (χ1) is 8.04. The number of rotatable bonds is 2. The molecule has 1 aromatic carbocycles. The van der Waals surface area contributed by atoms with Crippen LogP contribution in [0.3, 0.4) is 0 Å². The van der Waals surface area contributed by atoms with E-state index in [4.69, 9.17) is 4.42 Å². The van der Waals surface area contributed by atoms with Crippen molar-refractivity contribution >= 4 is 16.8 Å². The van der Waals surface area contributed by atoms with Gasteiger partial charge in [-0.05, 0) is 12.1 Å². The summed E-state index contributed by atoms with van der Waals surface area (Å²) >= 11 is 0. The van der Waals surface area contributed by atoms with Gasteiger partial charge in [-0.25, -0.2) is 4.79 Å². The molecular weight excluding hydrogens is 224 g/mol. The molecule has 0 amide bonds. The van der Waals surface area contributed by atoms with E-state index >= 15 is 0 Å². The van der Waals surface area contributed by atoms with Crippen LogP contribution in [0.25, 0.3) is 11.0 Å². The van der Waals surface area contributed by atoms with Crippen LogP contribution in [0, 0.1) is 0 Å². The minimum Gasteiger partial charge on any atom is -0.508 e. The summed E-state index contributed by atoms with van der Waals surface area (Å²) in [5.74, 6) is -0.969. The molecule has 0 radical (unpaired) electrons. The SMILES string of the molecule is CCC(=O)c1c(O)c2ccc(O)cc2oc1=O. The molecule has 0 saturated carbocycles. The Morgan fingerprint density at radius 2 is 2.06 bits per heavy atom. The molecule has 0 saturated heterocycles. The van der Waals surface area contributed by atoms with Gasteiger partial charge >= 0.3 is 5.63 Å². The second-order valence-corrected chi connectivity index (χ2v) is 3.57. The molecule has 5 nitrogen and oxygen atoms in total. The summed E-state index contributed by atoms with van der Waals surface area (Å²) in [5.41, 5.74) is -1.20. The predicted molar refractivity (Wildman–Crippen MR) is 60.4 cm³/mol. The number of fused-ring (bicyclic) bond motifs is 1. The van der Waals surface area contributed by atoms with Crippen LogP contribution < -0.4 is 5.63 Å². The zero-order valence-corrected chi connectivity index (χ0v) is 9.06. The van der Waals surface area contributed by atoms with Gasteiger partial charge in [0.1, 0.15) is 22.6 Å². The number of benzene rings is 1. The molecule has 0 fully saturated rings. The van der Waals surface area contributed by atoms with E-state index in [0.29, 0.717) is 0 Å². The van der Waals surface area contributed by atoms with E-state index in [2.05, 4.69) is 0 Å². The van der Waals surface area contributed by atoms with E-state index in [1.165, 1.54) is 18.2 Å². The maximum atomic E-state index is 11.5. The van der Waals surface area contributed by atoms with Gasteiger partial charge in [0, 0.05) is 12.5 Å². The number of aromatic hydroxyl groups is 2. The van der Waals surface area contributed by atoms with Crippen LogP contribution in [0.4, 0.5) is 0 Å². The van der Waals surface area contributed by atoms with E-state index in [1.807, 2.05) is 0 Å². The quantitative estimate of drug-likeness (QED) is 0.611. The second kappa shape index (κ2) is 3.93. The number of Topliss-reactive ketones (excluding diaryl/α,β-unsaturated/α-hetero) is 1. The molecule has 0 aliphatic heterocycles. The van der Waals surface area contributed by atoms with Crippen LogP contribution in [-0.4, -0.2) is 16.0 Å². The third-order valence-electron chi connectivity index (χ3n) is 2.46. The van der Waals surface area contributed by atoms with E-state index in [9.17, 15) is 19.8 Å². The van der Waals surface area contributed by atoms with Crippen molar-refractivity contribution in [1.29, 1.82) is 0 Å². The largest absolute Gasteiger partial charge is 0.508 e. The first-order valence-electron chi connectivity index (χ1n) is 5.06. The van der Waals surface area contributed by atoms with Gasteiger partial charge in [0.15, 0.2) is 5.78 Å². The maximum absolute atomic E-state index is 11.5. The molecule has 17 heavy (non-hydrogen) atoms. The molecule has 0 unspecified atom stereocenters. The zero-order valence-electron chi connectivity index (χ0n) is 9.06. The minimum atomic E-state index is -0.896. The van der Waals surface area contributed by atoms with Crippen molar-refractivity contribution < 1.29 is 19.4 Å². The first-order valence-corrected chi connectivity index (χ1v) is 5.06. The molecule has 5 heteroatoms. The molecule has 88 valence electrons. The summed E-state index contributed by atoms with van der Waals surface area (Å²) in [6, 6.07) is 3.92. The van der Waals surface area contributed by atoms with Gasteiger partial charge in [0.2, 0.25) is 0 Å². The van der Waals surface area contributed by atoms with Crippen molar-refractivity contribution in [3.63, 3.8) is 0 Å². The molecule has 0 aliphatic rings. The fourth-order valence-corrected chi connectivity index (χ4v) is 1.60. The fourth-order valence-electron chi connectivity index (χ4n) is 1.60. The summed E-state index contributed by atoms with van der Waals surface area (Å²) < 4.78 is 4.88. The molecule has 1 heterocycles. The Labute approximate surface area is 95.9 Å². The molecule has 2 aromatic rings. The lowest BCUT2D eigenvalue weighted by atomic mass is 10.1. The number of phenolic OH excluding ortho intramolecular Hbond substituents is 1. The summed E-state index contributed by atoms with van der Waals surface area (Å²) in [4.78, 5) is 23.0.